The number of aromatic nitrogens is 2. The zero-order chi connectivity index (χ0) is 25.1. The van der Waals surface area contributed by atoms with Gasteiger partial charge in [-0.05, 0) is 25.0 Å². The zero-order valence-corrected chi connectivity index (χ0v) is 18.4. The molecule has 3 heterocycles. The summed E-state index contributed by atoms with van der Waals surface area (Å²) in [5.74, 6) is -12.5. The fraction of sp³-hybridized carbons (Fsp3) is 0.238. The van der Waals surface area contributed by atoms with E-state index in [2.05, 4.69) is 25.3 Å². The summed E-state index contributed by atoms with van der Waals surface area (Å²) in [4.78, 5) is 22.4. The molecule has 1 aliphatic heterocycles. The highest BCUT2D eigenvalue weighted by molar-refractivity contribution is 7.19. The maximum absolute atomic E-state index is 13.8. The van der Waals surface area contributed by atoms with E-state index in [0.717, 1.165) is 0 Å². The van der Waals surface area contributed by atoms with Gasteiger partial charge in [0.05, 0.1) is 0 Å². The molecule has 1 unspecified atom stereocenters. The number of nitrogens with zero attached hydrogens (tertiary/aromatic N) is 4. The zero-order valence-electron chi connectivity index (χ0n) is 17.6. The van der Waals surface area contributed by atoms with E-state index < -0.39 is 47.0 Å². The predicted octanol–water partition coefficient (Wildman–Crippen LogP) is 4.61. The molecule has 3 aromatic rings. The number of piperidine rings is 1. The van der Waals surface area contributed by atoms with Crippen molar-refractivity contribution in [3.63, 3.8) is 0 Å². The highest BCUT2D eigenvalue weighted by Crippen LogP contribution is 2.34. The van der Waals surface area contributed by atoms with Gasteiger partial charge in [0.1, 0.15) is 16.9 Å². The van der Waals surface area contributed by atoms with Gasteiger partial charge in [0.25, 0.3) is 0 Å². The van der Waals surface area contributed by atoms with E-state index in [1.807, 2.05) is 6.07 Å². The maximum atomic E-state index is 13.8. The van der Waals surface area contributed by atoms with Gasteiger partial charge in [-0.25, -0.2) is 27.9 Å². The van der Waals surface area contributed by atoms with E-state index in [1.165, 1.54) is 11.3 Å². The van der Waals surface area contributed by atoms with Crippen molar-refractivity contribution in [2.24, 2.45) is 0 Å². The van der Waals surface area contributed by atoms with E-state index in [4.69, 9.17) is 0 Å². The SMILES string of the molecule is N#Cc1nc(N2CCCC(NC(=O)Oc3c(F)c(F)c(F)c(F)c3F)C2)sc1Nc1ccccn1. The average Bonchev–Trinajstić information content (AvgIpc) is 3.28. The molecule has 1 aliphatic rings. The average molecular weight is 510 g/mol. The molecular formula is C21H15F5N6O2S. The number of amides is 1. The van der Waals surface area contributed by atoms with Crippen molar-refractivity contribution in [3.8, 4) is 11.8 Å². The predicted molar refractivity (Wildman–Crippen MR) is 115 cm³/mol. The Hall–Kier alpha value is -3.99. The number of nitriles is 1. The Morgan fingerprint density at radius 3 is 2.51 bits per heavy atom. The van der Waals surface area contributed by atoms with E-state index in [0.29, 0.717) is 35.3 Å². The number of thiazole rings is 1. The molecule has 35 heavy (non-hydrogen) atoms. The van der Waals surface area contributed by atoms with Gasteiger partial charge in [-0.3, -0.25) is 0 Å². The van der Waals surface area contributed by atoms with Crippen LogP contribution in [0.3, 0.4) is 0 Å². The number of rotatable bonds is 5. The lowest BCUT2D eigenvalue weighted by atomic mass is 10.1. The molecular weight excluding hydrogens is 495 g/mol. The summed E-state index contributed by atoms with van der Waals surface area (Å²) < 4.78 is 71.8. The minimum absolute atomic E-state index is 0.149. The van der Waals surface area contributed by atoms with Gasteiger partial charge in [-0.2, -0.15) is 14.0 Å². The topological polar surface area (TPSA) is 103 Å². The number of carbonyl (C=O) groups is 1. The molecule has 8 nitrogen and oxygen atoms in total. The number of halogens is 5. The third kappa shape index (κ3) is 5.09. The van der Waals surface area contributed by atoms with Crippen LogP contribution in [0, 0.1) is 40.4 Å². The molecule has 1 fully saturated rings. The summed E-state index contributed by atoms with van der Waals surface area (Å²) in [5.41, 5.74) is 0.149. The van der Waals surface area contributed by atoms with E-state index in [-0.39, 0.29) is 12.2 Å². The lowest BCUT2D eigenvalue weighted by Crippen LogP contribution is -2.48. The number of hydrogen-bond acceptors (Lipinski definition) is 8. The Morgan fingerprint density at radius 2 is 1.86 bits per heavy atom. The number of benzene rings is 1. The van der Waals surface area contributed by atoms with E-state index >= 15 is 0 Å². The fourth-order valence-corrected chi connectivity index (χ4v) is 4.35. The number of nitrogens with one attached hydrogen (secondary N) is 2. The van der Waals surface area contributed by atoms with Gasteiger partial charge < -0.3 is 20.3 Å². The second-order valence-electron chi connectivity index (χ2n) is 7.34. The van der Waals surface area contributed by atoms with Crippen molar-refractivity contribution >= 4 is 33.4 Å². The third-order valence-corrected chi connectivity index (χ3v) is 6.04. The number of ether oxygens (including phenoxy) is 1. The van der Waals surface area contributed by atoms with Crippen LogP contribution in [0.15, 0.2) is 24.4 Å². The van der Waals surface area contributed by atoms with Crippen LogP contribution in [-0.2, 0) is 0 Å². The second kappa shape index (κ2) is 10.1. The van der Waals surface area contributed by atoms with Crippen LogP contribution in [0.1, 0.15) is 18.5 Å². The molecule has 14 heteroatoms. The first-order valence-electron chi connectivity index (χ1n) is 10.1. The van der Waals surface area contributed by atoms with Crippen LogP contribution in [0.2, 0.25) is 0 Å². The van der Waals surface area contributed by atoms with Crippen LogP contribution in [0.4, 0.5) is 42.7 Å². The molecule has 0 spiro atoms. The Labute approximate surface area is 199 Å². The highest BCUT2D eigenvalue weighted by Gasteiger charge is 2.30. The molecule has 1 atom stereocenters. The smallest absolute Gasteiger partial charge is 0.404 e. The summed E-state index contributed by atoms with van der Waals surface area (Å²) >= 11 is 1.20. The first kappa shape index (κ1) is 24.1. The number of carbonyl (C=O) groups excluding carboxylic acids is 1. The first-order valence-corrected chi connectivity index (χ1v) is 10.9. The van der Waals surface area contributed by atoms with Gasteiger partial charge in [0.2, 0.25) is 34.8 Å². The Balaban J connectivity index is 1.44. The van der Waals surface area contributed by atoms with Crippen LogP contribution < -0.4 is 20.3 Å². The monoisotopic (exact) mass is 510 g/mol. The Morgan fingerprint density at radius 1 is 1.14 bits per heavy atom. The van der Waals surface area contributed by atoms with Gasteiger partial charge in [-0.15, -0.1) is 0 Å². The van der Waals surface area contributed by atoms with Crippen LogP contribution >= 0.6 is 11.3 Å². The lowest BCUT2D eigenvalue weighted by Gasteiger charge is -2.32. The Kier molecular flexibility index (Phi) is 6.97. The molecule has 0 saturated carbocycles. The van der Waals surface area contributed by atoms with Crippen molar-refractivity contribution in [3.05, 3.63) is 59.2 Å². The summed E-state index contributed by atoms with van der Waals surface area (Å²) in [6.45, 7) is 0.750. The molecule has 0 bridgehead atoms. The molecule has 1 aromatic carbocycles. The van der Waals surface area contributed by atoms with Crippen molar-refractivity contribution < 1.29 is 31.5 Å². The van der Waals surface area contributed by atoms with Crippen molar-refractivity contribution in [2.75, 3.05) is 23.3 Å². The minimum atomic E-state index is -2.35. The number of anilines is 3. The molecule has 2 aromatic heterocycles. The number of pyridine rings is 1. The largest absolute Gasteiger partial charge is 0.413 e. The quantitative estimate of drug-likeness (QED) is 0.294. The van der Waals surface area contributed by atoms with Crippen molar-refractivity contribution in [1.29, 1.82) is 5.26 Å². The normalized spacial score (nSPS) is 15.4. The first-order chi connectivity index (χ1) is 16.8. The highest BCUT2D eigenvalue weighted by atomic mass is 32.1. The second-order valence-corrected chi connectivity index (χ2v) is 8.32. The maximum Gasteiger partial charge on any atom is 0.413 e. The standard InChI is InChI=1S/C21H15F5N6O2S/c22-13-14(23)16(25)18(17(26)15(13)24)34-21(33)29-10-4-3-7-32(9-10)20-30-11(8-27)19(35-20)31-12-5-1-2-6-28-12/h1-2,5-6,10H,3-4,7,9H2,(H,28,31)(H,29,33). The summed E-state index contributed by atoms with van der Waals surface area (Å²) in [7, 11) is 0. The molecule has 4 rings (SSSR count). The summed E-state index contributed by atoms with van der Waals surface area (Å²) in [5, 5.41) is 15.8. The Bertz CT molecular complexity index is 1270. The van der Waals surface area contributed by atoms with Crippen LogP contribution in [0.5, 0.6) is 5.75 Å². The molecule has 2 N–H and O–H groups in total. The number of hydrogen-bond donors (Lipinski definition) is 2. The van der Waals surface area contributed by atoms with Gasteiger partial charge in [0.15, 0.2) is 10.8 Å². The summed E-state index contributed by atoms with van der Waals surface area (Å²) in [6.07, 6.45) is 1.24. The lowest BCUT2D eigenvalue weighted by molar-refractivity contribution is 0.187. The van der Waals surface area contributed by atoms with Crippen molar-refractivity contribution in [1.82, 2.24) is 15.3 Å². The molecule has 0 aliphatic carbocycles. The van der Waals surface area contributed by atoms with Crippen molar-refractivity contribution in [2.45, 2.75) is 18.9 Å². The van der Waals surface area contributed by atoms with Gasteiger partial charge in [0, 0.05) is 25.3 Å². The van der Waals surface area contributed by atoms with Gasteiger partial charge >= 0.3 is 6.09 Å². The molecule has 182 valence electrons. The van der Waals surface area contributed by atoms with E-state index in [1.54, 1.807) is 29.3 Å². The third-order valence-electron chi connectivity index (χ3n) is 5.01. The summed E-state index contributed by atoms with van der Waals surface area (Å²) in [6, 6.07) is 6.65. The minimum Gasteiger partial charge on any atom is -0.404 e. The van der Waals surface area contributed by atoms with Gasteiger partial charge in [-0.1, -0.05) is 17.4 Å². The van der Waals surface area contributed by atoms with Crippen LogP contribution in [0.25, 0.3) is 0 Å². The molecule has 1 amide bonds. The fourth-order valence-electron chi connectivity index (χ4n) is 3.39. The molecule has 0 radical (unpaired) electrons. The van der Waals surface area contributed by atoms with E-state index in [9.17, 15) is 32.0 Å². The van der Waals surface area contributed by atoms with Crippen LogP contribution in [-0.4, -0.2) is 35.2 Å². The molecule has 1 saturated heterocycles.